The van der Waals surface area contributed by atoms with E-state index in [2.05, 4.69) is 20.3 Å². The van der Waals surface area contributed by atoms with Crippen LogP contribution in [-0.4, -0.2) is 35.9 Å². The Hall–Kier alpha value is -2.85. The van der Waals surface area contributed by atoms with Crippen molar-refractivity contribution in [1.82, 2.24) is 24.4 Å². The number of hydrogen-bond acceptors (Lipinski definition) is 5. The normalized spacial score (nSPS) is 14.1. The Morgan fingerprint density at radius 2 is 1.80 bits per heavy atom. The van der Waals surface area contributed by atoms with Gasteiger partial charge in [0.15, 0.2) is 5.82 Å². The van der Waals surface area contributed by atoms with Crippen LogP contribution in [-0.2, 0) is 12.7 Å². The maximum absolute atomic E-state index is 13.6. The minimum Gasteiger partial charge on any atom is -0.313 e. The maximum Gasteiger partial charge on any atom is 0.449 e. The average molecular weight is 449 g/mol. The molecule has 5 rings (SSSR count). The second kappa shape index (κ2) is 7.13. The van der Waals surface area contributed by atoms with Crippen LogP contribution in [0.15, 0.2) is 58.8 Å². The molecule has 1 aliphatic heterocycles. The monoisotopic (exact) mass is 448 g/mol. The molecule has 4 aromatic rings. The van der Waals surface area contributed by atoms with Crippen molar-refractivity contribution in [2.24, 2.45) is 5.10 Å². The predicted molar refractivity (Wildman–Crippen MR) is 108 cm³/mol. The van der Waals surface area contributed by atoms with E-state index in [1.807, 2.05) is 12.1 Å². The van der Waals surface area contributed by atoms with Gasteiger partial charge in [0, 0.05) is 10.8 Å². The number of para-hydroxylation sites is 2. The number of hydrogen-bond donors (Lipinski definition) is 0. The third-order valence-corrected chi connectivity index (χ3v) is 5.80. The highest BCUT2D eigenvalue weighted by atomic mass is 35.5. The fraction of sp³-hybridized carbons (Fsp3) is 0.158. The number of thioether (sulfide) groups is 1. The Balaban J connectivity index is 1.58. The lowest BCUT2D eigenvalue weighted by Crippen LogP contribution is -2.19. The summed E-state index contributed by atoms with van der Waals surface area (Å²) in [6.07, 6.45) is -4.60. The zero-order valence-electron chi connectivity index (χ0n) is 15.1. The second-order valence-electron chi connectivity index (χ2n) is 6.56. The lowest BCUT2D eigenvalue weighted by atomic mass is 10.1. The molecule has 0 aliphatic carbocycles. The van der Waals surface area contributed by atoms with Gasteiger partial charge in [0.2, 0.25) is 11.0 Å². The Bertz CT molecular complexity index is 1280. The number of nitrogens with zero attached hydrogens (tertiary/aromatic N) is 6. The fourth-order valence-electron chi connectivity index (χ4n) is 3.24. The minimum absolute atomic E-state index is 0.166. The van der Waals surface area contributed by atoms with Gasteiger partial charge < -0.3 is 4.57 Å². The number of fused-ring (bicyclic) bond motifs is 2. The zero-order chi connectivity index (χ0) is 20.9. The Morgan fingerprint density at radius 3 is 2.57 bits per heavy atom. The second-order valence-corrected chi connectivity index (χ2v) is 7.94. The fourth-order valence-corrected chi connectivity index (χ4v) is 4.23. The van der Waals surface area contributed by atoms with Gasteiger partial charge >= 0.3 is 6.18 Å². The van der Waals surface area contributed by atoms with E-state index < -0.39 is 12.0 Å². The molecule has 152 valence electrons. The van der Waals surface area contributed by atoms with Crippen LogP contribution < -0.4 is 0 Å². The van der Waals surface area contributed by atoms with E-state index in [4.69, 9.17) is 11.6 Å². The molecule has 0 fully saturated rings. The van der Waals surface area contributed by atoms with Crippen molar-refractivity contribution in [2.75, 3.05) is 5.75 Å². The quantitative estimate of drug-likeness (QED) is 0.455. The van der Waals surface area contributed by atoms with Gasteiger partial charge in [0.25, 0.3) is 0 Å². The largest absolute Gasteiger partial charge is 0.449 e. The summed E-state index contributed by atoms with van der Waals surface area (Å²) in [4.78, 5) is 3.77. The van der Waals surface area contributed by atoms with Crippen LogP contribution in [0.5, 0.6) is 0 Å². The lowest BCUT2D eigenvalue weighted by Gasteiger charge is -2.15. The predicted octanol–water partition coefficient (Wildman–Crippen LogP) is 4.71. The molecule has 1 aliphatic rings. The molecule has 0 unspecified atom stereocenters. The number of imidazole rings is 1. The van der Waals surface area contributed by atoms with Gasteiger partial charge in [-0.25, -0.2) is 4.98 Å². The van der Waals surface area contributed by atoms with Gasteiger partial charge in [-0.15, -0.1) is 10.2 Å². The minimum atomic E-state index is -4.60. The molecule has 0 amide bonds. The highest BCUT2D eigenvalue weighted by Crippen LogP contribution is 2.32. The Morgan fingerprint density at radius 1 is 1.03 bits per heavy atom. The van der Waals surface area contributed by atoms with Crippen LogP contribution in [0.4, 0.5) is 13.2 Å². The van der Waals surface area contributed by atoms with Gasteiger partial charge in [-0.2, -0.15) is 22.9 Å². The molecule has 3 heterocycles. The Kier molecular flexibility index (Phi) is 4.55. The third kappa shape index (κ3) is 3.35. The number of rotatable bonds is 3. The molecular weight excluding hydrogens is 437 g/mol. The van der Waals surface area contributed by atoms with Gasteiger partial charge in [0.1, 0.15) is 0 Å². The molecule has 30 heavy (non-hydrogen) atoms. The van der Waals surface area contributed by atoms with Crippen LogP contribution >= 0.6 is 23.4 Å². The average Bonchev–Trinajstić information content (AvgIpc) is 3.30. The summed E-state index contributed by atoms with van der Waals surface area (Å²) in [5, 5.41) is 13.9. The van der Waals surface area contributed by atoms with Crippen molar-refractivity contribution in [3.8, 4) is 0 Å². The molecule has 0 bridgehead atoms. The summed E-state index contributed by atoms with van der Waals surface area (Å²) in [5.41, 5.74) is 2.27. The van der Waals surface area contributed by atoms with Crippen molar-refractivity contribution < 1.29 is 13.2 Å². The summed E-state index contributed by atoms with van der Waals surface area (Å²) < 4.78 is 43.4. The number of aromatic nitrogens is 5. The van der Waals surface area contributed by atoms with E-state index in [1.165, 1.54) is 16.4 Å². The molecule has 0 spiro atoms. The molecule has 6 nitrogen and oxygen atoms in total. The van der Waals surface area contributed by atoms with E-state index in [1.54, 1.807) is 36.4 Å². The van der Waals surface area contributed by atoms with Gasteiger partial charge in [0.05, 0.1) is 23.3 Å². The maximum atomic E-state index is 13.6. The topological polar surface area (TPSA) is 60.9 Å². The first-order chi connectivity index (χ1) is 14.4. The summed E-state index contributed by atoms with van der Waals surface area (Å²) in [6, 6.07) is 13.7. The van der Waals surface area contributed by atoms with E-state index in [-0.39, 0.29) is 17.9 Å². The summed E-state index contributed by atoms with van der Waals surface area (Å²) in [6.45, 7) is -0.166. The zero-order valence-corrected chi connectivity index (χ0v) is 16.7. The van der Waals surface area contributed by atoms with Crippen LogP contribution in [0.3, 0.4) is 0 Å². The van der Waals surface area contributed by atoms with Crippen LogP contribution in [0.25, 0.3) is 11.0 Å². The number of halogens is 4. The van der Waals surface area contributed by atoms with Gasteiger partial charge in [-0.1, -0.05) is 47.6 Å². The Labute approximate surface area is 177 Å². The third-order valence-electron chi connectivity index (χ3n) is 4.62. The van der Waals surface area contributed by atoms with Crippen molar-refractivity contribution in [3.05, 3.63) is 70.8 Å². The standard InChI is InChI=1S/C19H12ClF3N6S/c20-12-7-5-11(6-8-12)14-10-30-18-26-25-16(29(18)27-14)9-28-15-4-2-1-3-13(15)24-17(28)19(21,22)23/h1-8H,9-10H2. The van der Waals surface area contributed by atoms with Crippen LogP contribution in [0.2, 0.25) is 5.02 Å². The van der Waals surface area contributed by atoms with Crippen LogP contribution in [0, 0.1) is 0 Å². The SMILES string of the molecule is FC(F)(F)c1nc2ccccc2n1Cc1nnc2n1N=C(c1ccc(Cl)cc1)CS2. The van der Waals surface area contributed by atoms with Crippen molar-refractivity contribution in [3.63, 3.8) is 0 Å². The van der Waals surface area contributed by atoms with E-state index in [9.17, 15) is 13.2 Å². The first kappa shape index (κ1) is 19.1. The highest BCUT2D eigenvalue weighted by molar-refractivity contribution is 7.99. The molecule has 11 heteroatoms. The lowest BCUT2D eigenvalue weighted by molar-refractivity contribution is -0.146. The summed E-state index contributed by atoms with van der Waals surface area (Å²) >= 11 is 7.37. The number of alkyl halides is 3. The first-order valence-electron chi connectivity index (χ1n) is 8.83. The van der Waals surface area contributed by atoms with Crippen LogP contribution in [0.1, 0.15) is 17.2 Å². The van der Waals surface area contributed by atoms with E-state index in [0.29, 0.717) is 21.4 Å². The molecule has 0 N–H and O–H groups in total. The smallest absolute Gasteiger partial charge is 0.313 e. The molecule has 0 saturated carbocycles. The highest BCUT2D eigenvalue weighted by Gasteiger charge is 2.38. The molecule has 2 aromatic carbocycles. The van der Waals surface area contributed by atoms with Crippen molar-refractivity contribution in [2.45, 2.75) is 17.9 Å². The molecule has 0 radical (unpaired) electrons. The molecule has 0 atom stereocenters. The number of benzene rings is 2. The van der Waals surface area contributed by atoms with Gasteiger partial charge in [-0.3, -0.25) is 0 Å². The summed E-state index contributed by atoms with van der Waals surface area (Å²) in [5.74, 6) is -0.120. The molecule has 0 saturated heterocycles. The van der Waals surface area contributed by atoms with Gasteiger partial charge in [-0.05, 0) is 29.8 Å². The van der Waals surface area contributed by atoms with E-state index in [0.717, 1.165) is 15.8 Å². The molecule has 2 aromatic heterocycles. The first-order valence-corrected chi connectivity index (χ1v) is 10.2. The van der Waals surface area contributed by atoms with Crippen molar-refractivity contribution in [1.29, 1.82) is 0 Å². The summed E-state index contributed by atoms with van der Waals surface area (Å²) in [7, 11) is 0. The van der Waals surface area contributed by atoms with Crippen molar-refractivity contribution >= 4 is 40.1 Å². The van der Waals surface area contributed by atoms with E-state index >= 15 is 0 Å². The molecular formula is C19H12ClF3N6S.